The average molecular weight is 475 g/mol. The molecule has 0 saturated heterocycles. The van der Waals surface area contributed by atoms with Crippen molar-refractivity contribution in [1.29, 1.82) is 0 Å². The maximum atomic E-state index is 13.0. The van der Waals surface area contributed by atoms with Crippen molar-refractivity contribution in [3.8, 4) is 5.75 Å². The second-order valence-corrected chi connectivity index (χ2v) is 9.05. The van der Waals surface area contributed by atoms with Crippen molar-refractivity contribution in [2.24, 2.45) is 0 Å². The molecule has 0 fully saturated rings. The minimum absolute atomic E-state index is 0.0257. The normalized spacial score (nSPS) is 11.0. The van der Waals surface area contributed by atoms with Crippen LogP contribution in [0.15, 0.2) is 82.2 Å². The van der Waals surface area contributed by atoms with Gasteiger partial charge in [-0.15, -0.1) is 0 Å². The van der Waals surface area contributed by atoms with Gasteiger partial charge in [-0.2, -0.15) is 0 Å². The lowest BCUT2D eigenvalue weighted by Crippen LogP contribution is -2.26. The summed E-state index contributed by atoms with van der Waals surface area (Å²) in [7, 11) is -0.837. The first-order chi connectivity index (χ1) is 13.8. The number of sulfonamides is 1. The highest BCUT2D eigenvalue weighted by Gasteiger charge is 2.22. The van der Waals surface area contributed by atoms with Crippen LogP contribution in [0.5, 0.6) is 5.75 Å². The van der Waals surface area contributed by atoms with Gasteiger partial charge in [-0.1, -0.05) is 28.1 Å². The molecule has 0 unspecified atom stereocenters. The molecule has 6 nitrogen and oxygen atoms in total. The summed E-state index contributed by atoms with van der Waals surface area (Å²) in [6.07, 6.45) is 0. The van der Waals surface area contributed by atoms with Gasteiger partial charge in [-0.3, -0.25) is 9.10 Å². The van der Waals surface area contributed by atoms with E-state index in [0.717, 1.165) is 8.78 Å². The first kappa shape index (κ1) is 20.9. The van der Waals surface area contributed by atoms with E-state index in [0.29, 0.717) is 17.1 Å². The van der Waals surface area contributed by atoms with E-state index in [1.165, 1.54) is 19.2 Å². The molecule has 29 heavy (non-hydrogen) atoms. The number of halogens is 1. The molecule has 0 radical (unpaired) electrons. The lowest BCUT2D eigenvalue weighted by Gasteiger charge is -2.20. The Labute approximate surface area is 178 Å². The first-order valence-electron chi connectivity index (χ1n) is 8.61. The van der Waals surface area contributed by atoms with E-state index in [2.05, 4.69) is 21.2 Å². The summed E-state index contributed by atoms with van der Waals surface area (Å²) in [5.74, 6) is 0.234. The Morgan fingerprint density at radius 1 is 1.00 bits per heavy atom. The van der Waals surface area contributed by atoms with Gasteiger partial charge < -0.3 is 10.1 Å². The SMILES string of the molecule is COc1ccc(N(C)S(=O)(=O)c2cccc(C(=O)Nc3cccc(Br)c3)c2)cc1. The third-order valence-corrected chi connectivity index (χ3v) is 6.55. The summed E-state index contributed by atoms with van der Waals surface area (Å²) in [6.45, 7) is 0. The number of hydrogen-bond acceptors (Lipinski definition) is 4. The van der Waals surface area contributed by atoms with Gasteiger partial charge in [-0.25, -0.2) is 8.42 Å². The first-order valence-corrected chi connectivity index (χ1v) is 10.8. The van der Waals surface area contributed by atoms with Crippen LogP contribution >= 0.6 is 15.9 Å². The molecule has 0 aliphatic heterocycles. The topological polar surface area (TPSA) is 75.7 Å². The standard InChI is InChI=1S/C21H19BrN2O4S/c1-24(18-9-11-19(28-2)12-10-18)29(26,27)20-8-3-5-15(13-20)21(25)23-17-7-4-6-16(22)14-17/h3-14H,1-2H3,(H,23,25). The van der Waals surface area contributed by atoms with Gasteiger partial charge in [-0.05, 0) is 60.7 Å². The van der Waals surface area contributed by atoms with Crippen LogP contribution in [-0.4, -0.2) is 28.5 Å². The lowest BCUT2D eigenvalue weighted by molar-refractivity contribution is 0.102. The molecule has 0 spiro atoms. The van der Waals surface area contributed by atoms with Crippen LogP contribution in [0.4, 0.5) is 11.4 Å². The highest BCUT2D eigenvalue weighted by atomic mass is 79.9. The number of rotatable bonds is 6. The zero-order valence-electron chi connectivity index (χ0n) is 15.8. The van der Waals surface area contributed by atoms with Crippen LogP contribution in [0.25, 0.3) is 0 Å². The Bertz CT molecular complexity index is 1130. The van der Waals surface area contributed by atoms with Crippen LogP contribution in [0.3, 0.4) is 0 Å². The average Bonchev–Trinajstić information content (AvgIpc) is 2.73. The Kier molecular flexibility index (Phi) is 6.24. The summed E-state index contributed by atoms with van der Waals surface area (Å²) < 4.78 is 33.1. The highest BCUT2D eigenvalue weighted by molar-refractivity contribution is 9.10. The van der Waals surface area contributed by atoms with E-state index in [1.54, 1.807) is 61.7 Å². The van der Waals surface area contributed by atoms with E-state index < -0.39 is 15.9 Å². The second kappa shape index (κ2) is 8.67. The molecule has 0 bridgehead atoms. The van der Waals surface area contributed by atoms with Gasteiger partial charge in [0.1, 0.15) is 5.75 Å². The van der Waals surface area contributed by atoms with Crippen molar-refractivity contribution in [2.75, 3.05) is 23.8 Å². The summed E-state index contributed by atoms with van der Waals surface area (Å²) in [6, 6.07) is 19.8. The van der Waals surface area contributed by atoms with Crippen LogP contribution in [0, 0.1) is 0 Å². The molecule has 0 saturated carbocycles. The third kappa shape index (κ3) is 4.78. The van der Waals surface area contributed by atoms with E-state index in [4.69, 9.17) is 4.74 Å². The number of ether oxygens (including phenoxy) is 1. The molecule has 0 aliphatic rings. The fraction of sp³-hybridized carbons (Fsp3) is 0.0952. The Balaban J connectivity index is 1.85. The predicted octanol–water partition coefficient (Wildman–Crippen LogP) is 4.54. The Morgan fingerprint density at radius 2 is 1.69 bits per heavy atom. The quantitative estimate of drug-likeness (QED) is 0.568. The van der Waals surface area contributed by atoms with E-state index >= 15 is 0 Å². The largest absolute Gasteiger partial charge is 0.497 e. The number of anilines is 2. The van der Waals surface area contributed by atoms with Crippen molar-refractivity contribution < 1.29 is 17.9 Å². The van der Waals surface area contributed by atoms with E-state index in [9.17, 15) is 13.2 Å². The van der Waals surface area contributed by atoms with Crippen LogP contribution in [0.2, 0.25) is 0 Å². The maximum Gasteiger partial charge on any atom is 0.264 e. The molecular formula is C21H19BrN2O4S. The van der Waals surface area contributed by atoms with Crippen LogP contribution in [0.1, 0.15) is 10.4 Å². The molecule has 1 N–H and O–H groups in total. The monoisotopic (exact) mass is 474 g/mol. The molecular weight excluding hydrogens is 456 g/mol. The minimum Gasteiger partial charge on any atom is -0.497 e. The number of nitrogens with zero attached hydrogens (tertiary/aromatic N) is 1. The minimum atomic E-state index is -3.84. The number of methoxy groups -OCH3 is 1. The van der Waals surface area contributed by atoms with Gasteiger partial charge in [0.05, 0.1) is 17.7 Å². The molecule has 0 atom stereocenters. The summed E-state index contributed by atoms with van der Waals surface area (Å²) >= 11 is 3.35. The molecule has 3 aromatic carbocycles. The van der Waals surface area contributed by atoms with Crippen molar-refractivity contribution in [3.63, 3.8) is 0 Å². The number of carbonyl (C=O) groups excluding carboxylic acids is 1. The van der Waals surface area contributed by atoms with Crippen LogP contribution in [-0.2, 0) is 10.0 Å². The fourth-order valence-electron chi connectivity index (χ4n) is 2.66. The van der Waals surface area contributed by atoms with Gasteiger partial charge in [0.15, 0.2) is 0 Å². The van der Waals surface area contributed by atoms with Crippen LogP contribution < -0.4 is 14.4 Å². The molecule has 0 aliphatic carbocycles. The number of amides is 1. The molecule has 0 heterocycles. The van der Waals surface area contributed by atoms with Gasteiger partial charge >= 0.3 is 0 Å². The molecule has 3 rings (SSSR count). The number of nitrogens with one attached hydrogen (secondary N) is 1. The molecule has 150 valence electrons. The molecule has 8 heteroatoms. The van der Waals surface area contributed by atoms with Gasteiger partial charge in [0.2, 0.25) is 0 Å². The number of hydrogen-bond donors (Lipinski definition) is 1. The summed E-state index contributed by atoms with van der Waals surface area (Å²) in [5.41, 5.74) is 1.33. The second-order valence-electron chi connectivity index (χ2n) is 6.16. The predicted molar refractivity (Wildman–Crippen MR) is 117 cm³/mol. The summed E-state index contributed by atoms with van der Waals surface area (Å²) in [5, 5.41) is 2.76. The zero-order valence-corrected chi connectivity index (χ0v) is 18.2. The van der Waals surface area contributed by atoms with Crippen molar-refractivity contribution in [3.05, 3.63) is 82.8 Å². The molecule has 3 aromatic rings. The van der Waals surface area contributed by atoms with E-state index in [1.807, 2.05) is 6.07 Å². The zero-order chi connectivity index (χ0) is 21.0. The van der Waals surface area contributed by atoms with Crippen molar-refractivity contribution in [1.82, 2.24) is 0 Å². The van der Waals surface area contributed by atoms with Gasteiger partial charge in [0, 0.05) is 22.8 Å². The molecule has 0 aromatic heterocycles. The fourth-order valence-corrected chi connectivity index (χ4v) is 4.30. The smallest absolute Gasteiger partial charge is 0.264 e. The number of benzene rings is 3. The van der Waals surface area contributed by atoms with Gasteiger partial charge in [0.25, 0.3) is 15.9 Å². The summed E-state index contributed by atoms with van der Waals surface area (Å²) in [4.78, 5) is 12.6. The lowest BCUT2D eigenvalue weighted by atomic mass is 10.2. The van der Waals surface area contributed by atoms with Crippen molar-refractivity contribution >= 4 is 43.2 Å². The van der Waals surface area contributed by atoms with Crippen molar-refractivity contribution in [2.45, 2.75) is 4.90 Å². The highest BCUT2D eigenvalue weighted by Crippen LogP contribution is 2.25. The molecule has 1 amide bonds. The Hall–Kier alpha value is -2.84. The Morgan fingerprint density at radius 3 is 2.34 bits per heavy atom. The number of carbonyl (C=O) groups is 1. The maximum absolute atomic E-state index is 13.0. The third-order valence-electron chi connectivity index (χ3n) is 4.27. The van der Waals surface area contributed by atoms with E-state index in [-0.39, 0.29) is 10.5 Å².